The van der Waals surface area contributed by atoms with Gasteiger partial charge in [0, 0.05) is 12.0 Å². The Balaban J connectivity index is 1.74. The van der Waals surface area contributed by atoms with Crippen molar-refractivity contribution < 1.29 is 17.3 Å². The van der Waals surface area contributed by atoms with E-state index in [4.69, 9.17) is 8.92 Å². The summed E-state index contributed by atoms with van der Waals surface area (Å²) in [4.78, 5) is 0. The summed E-state index contributed by atoms with van der Waals surface area (Å²) in [7, 11) is -3.67. The molecule has 0 N–H and O–H groups in total. The van der Waals surface area contributed by atoms with Gasteiger partial charge in [-0.25, -0.2) is 0 Å². The number of hydrogen-bond acceptors (Lipinski definition) is 4. The maximum Gasteiger partial charge on any atom is 0.309 e. The smallest absolute Gasteiger partial charge is 0.309 e. The van der Waals surface area contributed by atoms with Crippen molar-refractivity contribution in [3.8, 4) is 11.5 Å². The Bertz CT molecular complexity index is 795. The van der Waals surface area contributed by atoms with Crippen LogP contribution in [0, 0.1) is 0 Å². The van der Waals surface area contributed by atoms with Gasteiger partial charge in [-0.2, -0.15) is 8.42 Å². The van der Waals surface area contributed by atoms with Crippen LogP contribution >= 0.6 is 0 Å². The summed E-state index contributed by atoms with van der Waals surface area (Å²) in [5, 5.41) is 0. The van der Waals surface area contributed by atoms with Crippen LogP contribution in [0.15, 0.2) is 48.5 Å². The average Bonchev–Trinajstić information content (AvgIpc) is 2.81. The van der Waals surface area contributed by atoms with Gasteiger partial charge in [-0.1, -0.05) is 42.5 Å². The first-order valence-electron chi connectivity index (χ1n) is 7.62. The average molecular weight is 332 g/mol. The van der Waals surface area contributed by atoms with Gasteiger partial charge in [-0.15, -0.1) is 0 Å². The first-order chi connectivity index (χ1) is 10.8. The maximum atomic E-state index is 12.3. The Morgan fingerprint density at radius 3 is 2.57 bits per heavy atom. The van der Waals surface area contributed by atoms with E-state index in [1.165, 1.54) is 0 Å². The molecular formula is C18H20O4S. The van der Waals surface area contributed by atoms with Crippen molar-refractivity contribution in [1.29, 1.82) is 0 Å². The van der Waals surface area contributed by atoms with Gasteiger partial charge in [0.2, 0.25) is 0 Å². The Hall–Kier alpha value is -2.01. The molecule has 0 aliphatic carbocycles. The van der Waals surface area contributed by atoms with Gasteiger partial charge in [-0.3, -0.25) is 0 Å². The van der Waals surface area contributed by atoms with E-state index in [9.17, 15) is 8.42 Å². The van der Waals surface area contributed by atoms with Gasteiger partial charge >= 0.3 is 10.1 Å². The van der Waals surface area contributed by atoms with E-state index in [2.05, 4.69) is 0 Å². The Morgan fingerprint density at radius 2 is 1.83 bits per heavy atom. The number of rotatable bonds is 5. The van der Waals surface area contributed by atoms with Crippen molar-refractivity contribution in [2.24, 2.45) is 0 Å². The van der Waals surface area contributed by atoms with Crippen LogP contribution in [0.1, 0.15) is 25.0 Å². The van der Waals surface area contributed by atoms with Gasteiger partial charge in [0.05, 0.1) is 5.75 Å². The Labute approximate surface area is 137 Å². The highest BCUT2D eigenvalue weighted by Gasteiger charge is 2.33. The topological polar surface area (TPSA) is 52.6 Å². The molecule has 5 heteroatoms. The number of benzene rings is 2. The first kappa shape index (κ1) is 15.9. The summed E-state index contributed by atoms with van der Waals surface area (Å²) >= 11 is 0. The summed E-state index contributed by atoms with van der Waals surface area (Å²) in [5.74, 6) is 0.756. The van der Waals surface area contributed by atoms with Crippen molar-refractivity contribution in [3.05, 3.63) is 59.7 Å². The van der Waals surface area contributed by atoms with Crippen LogP contribution in [0.25, 0.3) is 0 Å². The fourth-order valence-electron chi connectivity index (χ4n) is 2.72. The zero-order valence-corrected chi connectivity index (χ0v) is 14.1. The van der Waals surface area contributed by atoms with Crippen LogP contribution in [-0.2, 0) is 23.0 Å². The van der Waals surface area contributed by atoms with Crippen molar-refractivity contribution in [3.63, 3.8) is 0 Å². The number of hydrogen-bond donors (Lipinski definition) is 0. The van der Waals surface area contributed by atoms with Crippen molar-refractivity contribution in [2.45, 2.75) is 32.3 Å². The van der Waals surface area contributed by atoms with Gasteiger partial charge in [0.1, 0.15) is 5.60 Å². The third-order valence-corrected chi connectivity index (χ3v) is 4.89. The highest BCUT2D eigenvalue weighted by atomic mass is 32.2. The maximum absolute atomic E-state index is 12.3. The molecule has 122 valence electrons. The quantitative estimate of drug-likeness (QED) is 0.788. The summed E-state index contributed by atoms with van der Waals surface area (Å²) in [5.41, 5.74) is 1.61. The number of fused-ring (bicyclic) bond motifs is 1. The van der Waals surface area contributed by atoms with E-state index in [-0.39, 0.29) is 17.1 Å². The van der Waals surface area contributed by atoms with Gasteiger partial charge < -0.3 is 8.92 Å². The molecule has 2 aromatic rings. The van der Waals surface area contributed by atoms with E-state index in [1.54, 1.807) is 12.1 Å². The molecule has 0 saturated heterocycles. The lowest BCUT2D eigenvalue weighted by Gasteiger charge is -2.18. The SMILES string of the molecule is CC1(C)Cc2cccc(OS(=O)(=O)CCc3ccccc3)c2O1. The molecule has 0 aromatic heterocycles. The van der Waals surface area contributed by atoms with E-state index >= 15 is 0 Å². The lowest BCUT2D eigenvalue weighted by molar-refractivity contribution is 0.136. The van der Waals surface area contributed by atoms with Gasteiger partial charge in [0.15, 0.2) is 11.5 Å². The van der Waals surface area contributed by atoms with Crippen molar-refractivity contribution in [1.82, 2.24) is 0 Å². The van der Waals surface area contributed by atoms with Crippen molar-refractivity contribution >= 4 is 10.1 Å². The molecular weight excluding hydrogens is 312 g/mol. The minimum absolute atomic E-state index is 0.0654. The Kier molecular flexibility index (Phi) is 4.06. The molecule has 0 saturated carbocycles. The standard InChI is InChI=1S/C18H20O4S/c1-18(2)13-15-9-6-10-16(17(15)21-18)22-23(19,20)12-11-14-7-4-3-5-8-14/h3-10H,11-13H2,1-2H3. The normalized spacial score (nSPS) is 15.7. The lowest BCUT2D eigenvalue weighted by Crippen LogP contribution is -2.25. The fraction of sp³-hybridized carbons (Fsp3) is 0.333. The summed E-state index contributed by atoms with van der Waals surface area (Å²) in [6.07, 6.45) is 1.16. The first-order valence-corrected chi connectivity index (χ1v) is 9.19. The molecule has 4 nitrogen and oxygen atoms in total. The van der Waals surface area contributed by atoms with Crippen LogP contribution in [0.3, 0.4) is 0 Å². The van der Waals surface area contributed by atoms with Crippen molar-refractivity contribution in [2.75, 3.05) is 5.75 Å². The molecule has 0 radical (unpaired) electrons. The molecule has 0 bridgehead atoms. The zero-order chi connectivity index (χ0) is 16.5. The molecule has 1 aliphatic heterocycles. The Morgan fingerprint density at radius 1 is 1.09 bits per heavy atom. The third kappa shape index (κ3) is 3.85. The lowest BCUT2D eigenvalue weighted by atomic mass is 10.0. The summed E-state index contributed by atoms with van der Waals surface area (Å²) in [6.45, 7) is 3.95. The van der Waals surface area contributed by atoms with Crippen LogP contribution in [-0.4, -0.2) is 19.8 Å². The molecule has 23 heavy (non-hydrogen) atoms. The summed E-state index contributed by atoms with van der Waals surface area (Å²) in [6, 6.07) is 14.9. The molecule has 3 rings (SSSR count). The van der Waals surface area contributed by atoms with Gasteiger partial charge in [0.25, 0.3) is 0 Å². The van der Waals surface area contributed by atoms with E-state index in [0.29, 0.717) is 12.2 Å². The number of ether oxygens (including phenoxy) is 1. The van der Waals surface area contributed by atoms with E-state index < -0.39 is 10.1 Å². The molecule has 0 fully saturated rings. The fourth-order valence-corrected chi connectivity index (χ4v) is 3.69. The molecule has 0 atom stereocenters. The van der Waals surface area contributed by atoms with E-state index in [1.807, 2.05) is 50.2 Å². The van der Waals surface area contributed by atoms with Crippen LogP contribution in [0.4, 0.5) is 0 Å². The molecule has 0 spiro atoms. The molecule has 2 aromatic carbocycles. The number of aryl methyl sites for hydroxylation is 1. The monoisotopic (exact) mass is 332 g/mol. The predicted octanol–water partition coefficient (Wildman–Crippen LogP) is 3.35. The molecule has 0 unspecified atom stereocenters. The third-order valence-electron chi connectivity index (χ3n) is 3.76. The predicted molar refractivity (Wildman–Crippen MR) is 89.4 cm³/mol. The molecule has 1 aliphatic rings. The van der Waals surface area contributed by atoms with Crippen LogP contribution in [0.5, 0.6) is 11.5 Å². The minimum atomic E-state index is -3.67. The van der Waals surface area contributed by atoms with Gasteiger partial charge in [-0.05, 0) is 31.9 Å². The zero-order valence-electron chi connectivity index (χ0n) is 13.3. The molecule has 0 amide bonds. The molecule has 1 heterocycles. The minimum Gasteiger partial charge on any atom is -0.483 e. The van der Waals surface area contributed by atoms with Crippen LogP contribution in [0.2, 0.25) is 0 Å². The number of para-hydroxylation sites is 1. The largest absolute Gasteiger partial charge is 0.483 e. The van der Waals surface area contributed by atoms with E-state index in [0.717, 1.165) is 17.5 Å². The highest BCUT2D eigenvalue weighted by molar-refractivity contribution is 7.87. The highest BCUT2D eigenvalue weighted by Crippen LogP contribution is 2.42. The van der Waals surface area contributed by atoms with Crippen LogP contribution < -0.4 is 8.92 Å². The second-order valence-electron chi connectivity index (χ2n) is 6.36. The second kappa shape index (κ2) is 5.89. The second-order valence-corrected chi connectivity index (χ2v) is 8.05. The summed E-state index contributed by atoms with van der Waals surface area (Å²) < 4.78 is 35.7.